The van der Waals surface area contributed by atoms with Gasteiger partial charge in [0.1, 0.15) is 36.3 Å². The lowest BCUT2D eigenvalue weighted by atomic mass is 9.87. The van der Waals surface area contributed by atoms with Gasteiger partial charge in [0.05, 0.1) is 27.4 Å². The van der Waals surface area contributed by atoms with Gasteiger partial charge in [-0.25, -0.2) is 19.3 Å². The summed E-state index contributed by atoms with van der Waals surface area (Å²) in [5.74, 6) is -1.16. The predicted molar refractivity (Wildman–Crippen MR) is 219 cm³/mol. The molecule has 24 nitrogen and oxygen atoms in total. The molecule has 28 heteroatoms. The fraction of sp³-hybridized carbons (Fsp3) is 0.657. The van der Waals surface area contributed by atoms with Crippen LogP contribution in [0, 0.1) is 5.41 Å². The zero-order valence-corrected chi connectivity index (χ0v) is 38.4. The first kappa shape index (κ1) is 54.4. The molecule has 0 spiro atoms. The van der Waals surface area contributed by atoms with Crippen molar-refractivity contribution in [3.05, 3.63) is 37.0 Å². The third-order valence-electron chi connectivity index (χ3n) is 9.17. The number of amides is 2. The molecule has 0 aromatic carbocycles. The number of hydrogen-bond acceptors (Lipinski definition) is 22. The van der Waals surface area contributed by atoms with E-state index in [0.717, 1.165) is 73.9 Å². The molecule has 1 saturated heterocycles. The van der Waals surface area contributed by atoms with Gasteiger partial charge in [-0.3, -0.25) is 28.1 Å². The molecule has 1 fully saturated rings. The summed E-state index contributed by atoms with van der Waals surface area (Å²) in [5.41, 5.74) is 4.08. The number of nitrogens with one attached hydrogen (secondary N) is 2. The minimum absolute atomic E-state index is 0.0201. The van der Waals surface area contributed by atoms with Crippen LogP contribution in [0.3, 0.4) is 0 Å². The molecule has 7 atom stereocenters. The van der Waals surface area contributed by atoms with Crippen molar-refractivity contribution in [2.24, 2.45) is 5.41 Å². The molecule has 0 bridgehead atoms. The van der Waals surface area contributed by atoms with E-state index in [-0.39, 0.29) is 41.6 Å². The number of unbranched alkanes of at least 4 members (excludes halogenated alkanes) is 5. The quantitative estimate of drug-likeness (QED) is 0.0418. The van der Waals surface area contributed by atoms with Crippen molar-refractivity contribution in [3.63, 3.8) is 0 Å². The Labute approximate surface area is 368 Å². The van der Waals surface area contributed by atoms with E-state index in [2.05, 4.69) is 61.7 Å². The third-order valence-corrected chi connectivity index (χ3v) is 13.1. The van der Waals surface area contributed by atoms with E-state index in [1.165, 1.54) is 13.8 Å². The molecular formula is C35H54N7O17P3S-4. The number of aliphatic hydroxyl groups excluding tert-OH is 2. The van der Waals surface area contributed by atoms with Crippen LogP contribution in [-0.4, -0.2) is 103 Å². The highest BCUT2D eigenvalue weighted by Crippen LogP contribution is 2.56. The van der Waals surface area contributed by atoms with Crippen LogP contribution in [0.4, 0.5) is 5.82 Å². The topological polar surface area (TPSA) is 375 Å². The summed E-state index contributed by atoms with van der Waals surface area (Å²) >= 11 is 1.13. The number of thioether (sulfide) groups is 1. The first-order chi connectivity index (χ1) is 29.6. The lowest BCUT2D eigenvalue weighted by Gasteiger charge is -2.36. The molecule has 0 radical (unpaired) electrons. The number of phosphoric ester groups is 3. The summed E-state index contributed by atoms with van der Waals surface area (Å²) in [6.07, 6.45) is 8.41. The molecule has 1 aliphatic rings. The van der Waals surface area contributed by atoms with Crippen molar-refractivity contribution in [3.8, 4) is 0 Å². The molecule has 1 aliphatic heterocycles. The lowest BCUT2D eigenvalue weighted by Crippen LogP contribution is -2.46. The number of allylic oxidation sites excluding steroid dienone is 4. The number of rotatable bonds is 29. The zero-order valence-electron chi connectivity index (χ0n) is 34.9. The summed E-state index contributed by atoms with van der Waals surface area (Å²) in [5, 5.41) is 26.4. The van der Waals surface area contributed by atoms with Gasteiger partial charge in [-0.2, -0.15) is 0 Å². The van der Waals surface area contributed by atoms with Crippen molar-refractivity contribution < 1.29 is 80.5 Å². The van der Waals surface area contributed by atoms with Crippen molar-refractivity contribution in [2.45, 2.75) is 109 Å². The van der Waals surface area contributed by atoms with Gasteiger partial charge >= 0.3 is 0 Å². The number of hydrogen-bond donors (Lipinski definition) is 5. The minimum atomic E-state index is -5.92. The second-order valence-electron chi connectivity index (χ2n) is 14.8. The highest BCUT2D eigenvalue weighted by molar-refractivity contribution is 8.13. The monoisotopic (exact) mass is 969 g/mol. The Kier molecular flexibility index (Phi) is 22.1. The van der Waals surface area contributed by atoms with Gasteiger partial charge in [0, 0.05) is 37.1 Å². The van der Waals surface area contributed by atoms with Crippen molar-refractivity contribution >= 4 is 69.1 Å². The van der Waals surface area contributed by atoms with E-state index < -0.39 is 84.6 Å². The molecule has 0 saturated carbocycles. The molecule has 2 aromatic rings. The van der Waals surface area contributed by atoms with Gasteiger partial charge in [-0.1, -0.05) is 69.2 Å². The Morgan fingerprint density at radius 2 is 1.68 bits per heavy atom. The van der Waals surface area contributed by atoms with Crippen LogP contribution < -0.4 is 35.9 Å². The standard InChI is InChI=1S/C35H58N7O17P3S/c1-4-5-6-7-8-9-10-11-12-13-14-15-26(44)63-19-18-37-25(43)16-17-38-33(47)30(46)35(2,3)21-56-62(53,54)59-61(51,52)55-20-24-29(58-60(48,49)50)28(45)34(57-24)42-23-41-27-31(36)39-22-40-32(27)42/h4-5,7-8,22-24,28-30,34,45-46H,6,9-21H2,1-3H3,(H,37,43)(H,38,47)(H,51,52)(H,53,54)(H2,36,39,40)(H2,48,49,50)/p-4/b5-4+,8-7-/t24-,28-,29-,30+,34-/m1/s1. The predicted octanol–water partition coefficient (Wildman–Crippen LogP) is 0.390. The van der Waals surface area contributed by atoms with Crippen molar-refractivity contribution in [2.75, 3.05) is 37.8 Å². The Bertz CT molecular complexity index is 2020. The first-order valence-electron chi connectivity index (χ1n) is 19.8. The number of nitrogens with two attached hydrogens (primary N) is 1. The molecule has 356 valence electrons. The van der Waals surface area contributed by atoms with Crippen LogP contribution >= 0.6 is 35.2 Å². The van der Waals surface area contributed by atoms with Gasteiger partial charge in [0.25, 0.3) is 15.6 Å². The van der Waals surface area contributed by atoms with Gasteiger partial charge in [0.15, 0.2) is 22.8 Å². The number of nitrogen functional groups attached to an aromatic ring is 1. The van der Waals surface area contributed by atoms with Crippen molar-refractivity contribution in [1.82, 2.24) is 30.2 Å². The van der Waals surface area contributed by atoms with E-state index >= 15 is 0 Å². The summed E-state index contributed by atoms with van der Waals surface area (Å²) in [6.45, 7) is 2.14. The SMILES string of the molecule is C/C=C/C/C=C\CCCCCCCC(=O)SCCNC(=O)CCNC(=O)[C@H](O)C(C)(C)COP(=O)([O-])OP(=O)([O-])OC[C@H]1O[C@@H](n2cnc3c(N)ncnc32)[C@H](O)[C@@H]1OP(=O)([O-])[O-]. The Morgan fingerprint density at radius 1 is 0.984 bits per heavy atom. The maximum absolute atomic E-state index is 12.6. The maximum atomic E-state index is 12.6. The van der Waals surface area contributed by atoms with Crippen LogP contribution in [-0.2, 0) is 50.7 Å². The fourth-order valence-corrected chi connectivity index (χ4v) is 9.29. The highest BCUT2D eigenvalue weighted by Gasteiger charge is 2.47. The largest absolute Gasteiger partial charge is 0.790 e. The fourth-order valence-electron chi connectivity index (χ4n) is 5.83. The first-order valence-corrected chi connectivity index (χ1v) is 25.2. The van der Waals surface area contributed by atoms with Crippen LogP contribution in [0.1, 0.15) is 84.8 Å². The number of carbonyl (C=O) groups excluding carboxylic acids is 3. The summed E-state index contributed by atoms with van der Waals surface area (Å²) in [6, 6.07) is 0. The molecule has 2 amide bonds. The number of nitrogens with zero attached hydrogens (tertiary/aromatic N) is 4. The summed E-state index contributed by atoms with van der Waals surface area (Å²) in [7, 11) is -17.6. The van der Waals surface area contributed by atoms with E-state index in [0.29, 0.717) is 12.2 Å². The molecule has 2 unspecified atom stereocenters. The number of phosphoric acid groups is 3. The number of carbonyl (C=O) groups is 3. The number of imidazole rings is 1. The number of anilines is 1. The summed E-state index contributed by atoms with van der Waals surface area (Å²) in [4.78, 5) is 96.6. The van der Waals surface area contributed by atoms with Crippen LogP contribution in [0.2, 0.25) is 0 Å². The number of ether oxygens (including phenoxy) is 1. The molecular weight excluding hydrogens is 915 g/mol. The maximum Gasteiger partial charge on any atom is 0.274 e. The molecule has 6 N–H and O–H groups in total. The van der Waals surface area contributed by atoms with Crippen LogP contribution in [0.25, 0.3) is 11.2 Å². The number of fused-ring (bicyclic) bond motifs is 1. The van der Waals surface area contributed by atoms with Gasteiger partial charge in [-0.05, 0) is 32.6 Å². The molecule has 3 rings (SSSR count). The Hall–Kier alpha value is -2.96. The number of aromatic nitrogens is 4. The summed E-state index contributed by atoms with van der Waals surface area (Å²) < 4.78 is 60.7. The lowest BCUT2D eigenvalue weighted by molar-refractivity contribution is -0.347. The molecule has 3 heterocycles. The van der Waals surface area contributed by atoms with Crippen LogP contribution in [0.15, 0.2) is 37.0 Å². The second-order valence-corrected chi connectivity index (χ2v) is 20.0. The number of aliphatic hydroxyl groups is 2. The Morgan fingerprint density at radius 3 is 2.40 bits per heavy atom. The second kappa shape index (κ2) is 25.7. The smallest absolute Gasteiger partial charge is 0.274 e. The Balaban J connectivity index is 1.36. The van der Waals surface area contributed by atoms with Crippen molar-refractivity contribution in [1.29, 1.82) is 0 Å². The zero-order chi connectivity index (χ0) is 46.8. The van der Waals surface area contributed by atoms with E-state index in [9.17, 15) is 57.9 Å². The molecule has 2 aromatic heterocycles. The average Bonchev–Trinajstić information content (AvgIpc) is 3.76. The van der Waals surface area contributed by atoms with E-state index in [1.807, 2.05) is 13.0 Å². The van der Waals surface area contributed by atoms with Gasteiger partial charge in [0.2, 0.25) is 11.8 Å². The molecule has 0 aliphatic carbocycles. The third kappa shape index (κ3) is 19.2. The van der Waals surface area contributed by atoms with Gasteiger partial charge < -0.3 is 69.0 Å². The van der Waals surface area contributed by atoms with E-state index in [1.54, 1.807) is 0 Å². The van der Waals surface area contributed by atoms with Gasteiger partial charge in [-0.15, -0.1) is 0 Å². The minimum Gasteiger partial charge on any atom is -0.790 e. The normalized spacial score (nSPS) is 20.8. The van der Waals surface area contributed by atoms with E-state index in [4.69, 9.17) is 10.5 Å². The molecule has 63 heavy (non-hydrogen) atoms. The average molecular weight is 970 g/mol. The highest BCUT2D eigenvalue weighted by atomic mass is 32.2. The van der Waals surface area contributed by atoms with Crippen LogP contribution in [0.5, 0.6) is 0 Å².